The fraction of sp³-hybridized carbons (Fsp3) is 0.143. The molecule has 0 unspecified atom stereocenters. The van der Waals surface area contributed by atoms with E-state index in [1.807, 2.05) is 56.3 Å². The molecule has 0 radical (unpaired) electrons. The van der Waals surface area contributed by atoms with Crippen LogP contribution in [0.5, 0.6) is 5.75 Å². The number of hydrazone groups is 1. The van der Waals surface area contributed by atoms with Crippen molar-refractivity contribution in [1.29, 1.82) is 0 Å². The minimum Gasteiger partial charge on any atom is -0.491 e. The van der Waals surface area contributed by atoms with E-state index in [1.54, 1.807) is 11.3 Å². The Bertz CT molecular complexity index is 1200. The molecule has 0 aliphatic rings. The average molecular weight is 407 g/mol. The molecule has 0 saturated heterocycles. The van der Waals surface area contributed by atoms with Crippen LogP contribution in [0.3, 0.4) is 0 Å². The van der Waals surface area contributed by atoms with Gasteiger partial charge in [-0.2, -0.15) is 5.10 Å². The van der Waals surface area contributed by atoms with E-state index in [0.29, 0.717) is 5.84 Å². The lowest BCUT2D eigenvalue weighted by molar-refractivity contribution is 0.242. The second-order valence-electron chi connectivity index (χ2n) is 6.80. The normalized spacial score (nSPS) is 11.9. The van der Waals surface area contributed by atoms with Crippen LogP contribution >= 0.6 is 11.3 Å². The molecule has 2 aromatic carbocycles. The molecule has 0 aliphatic heterocycles. The fourth-order valence-corrected chi connectivity index (χ4v) is 4.13. The van der Waals surface area contributed by atoms with Crippen LogP contribution in [0.15, 0.2) is 59.0 Å². The van der Waals surface area contributed by atoms with Gasteiger partial charge in [-0.15, -0.1) is 11.3 Å². The van der Waals surface area contributed by atoms with Crippen LogP contribution in [0.1, 0.15) is 19.4 Å². The number of nitrogens with one attached hydrogen (secondary N) is 2. The van der Waals surface area contributed by atoms with E-state index in [-0.39, 0.29) is 6.10 Å². The summed E-state index contributed by atoms with van der Waals surface area (Å²) in [7, 11) is 0. The van der Waals surface area contributed by atoms with Crippen LogP contribution in [0.2, 0.25) is 0 Å². The Balaban J connectivity index is 1.80. The third-order valence-electron chi connectivity index (χ3n) is 4.40. The summed E-state index contributed by atoms with van der Waals surface area (Å²) in [6.07, 6.45) is 0.112. The number of nitrogens with zero attached hydrogens (tertiary/aromatic N) is 2. The summed E-state index contributed by atoms with van der Waals surface area (Å²) in [4.78, 5) is 4.86. The molecule has 148 valence electrons. The summed E-state index contributed by atoms with van der Waals surface area (Å²) in [6, 6.07) is 15.8. The maximum atomic E-state index is 5.80. The number of hydrogen-bond acceptors (Lipinski definition) is 7. The van der Waals surface area contributed by atoms with Gasteiger partial charge in [0, 0.05) is 32.8 Å². The first-order valence-electron chi connectivity index (χ1n) is 9.18. The molecule has 0 atom stereocenters. The number of fused-ring (bicyclic) bond motifs is 3. The van der Waals surface area contributed by atoms with Gasteiger partial charge in [-0.25, -0.2) is 10.8 Å². The largest absolute Gasteiger partial charge is 0.491 e. The van der Waals surface area contributed by atoms with E-state index in [9.17, 15) is 0 Å². The highest BCUT2D eigenvalue weighted by molar-refractivity contribution is 7.18. The average Bonchev–Trinajstić information content (AvgIpc) is 3.19. The quantitative estimate of drug-likeness (QED) is 0.172. The summed E-state index contributed by atoms with van der Waals surface area (Å²) in [5.41, 5.74) is 5.01. The molecule has 2 heterocycles. The molecule has 8 heteroatoms. The number of thiophene rings is 1. The van der Waals surface area contributed by atoms with Gasteiger partial charge in [-0.3, -0.25) is 0 Å². The minimum absolute atomic E-state index is 0.112. The molecule has 4 aromatic rings. The summed E-state index contributed by atoms with van der Waals surface area (Å²) >= 11 is 1.68. The first-order valence-corrected chi connectivity index (χ1v) is 10.1. The maximum Gasteiger partial charge on any atom is 0.166 e. The van der Waals surface area contributed by atoms with Crippen molar-refractivity contribution in [2.24, 2.45) is 16.8 Å². The van der Waals surface area contributed by atoms with Crippen molar-refractivity contribution in [3.63, 3.8) is 0 Å². The first kappa shape index (κ1) is 19.0. The van der Waals surface area contributed by atoms with E-state index in [4.69, 9.17) is 21.4 Å². The Morgan fingerprint density at radius 2 is 2.00 bits per heavy atom. The number of benzene rings is 2. The van der Waals surface area contributed by atoms with Gasteiger partial charge in [-0.05, 0) is 43.5 Å². The van der Waals surface area contributed by atoms with E-state index in [1.165, 1.54) is 0 Å². The number of hydrazine groups is 1. The Kier molecular flexibility index (Phi) is 5.20. The summed E-state index contributed by atoms with van der Waals surface area (Å²) in [5.74, 6) is 12.9. The third kappa shape index (κ3) is 3.80. The molecule has 0 saturated carbocycles. The highest BCUT2D eigenvalue weighted by atomic mass is 32.1. The molecule has 0 amide bonds. The lowest BCUT2D eigenvalue weighted by Crippen LogP contribution is -2.32. The van der Waals surface area contributed by atoms with Crippen LogP contribution in [0.4, 0.5) is 11.5 Å². The van der Waals surface area contributed by atoms with E-state index >= 15 is 0 Å². The number of nitrogens with two attached hydrogens (primary N) is 2. The van der Waals surface area contributed by atoms with Crippen molar-refractivity contribution in [3.8, 4) is 5.75 Å². The molecule has 29 heavy (non-hydrogen) atoms. The summed E-state index contributed by atoms with van der Waals surface area (Å²) in [6.45, 7) is 4.01. The number of pyridine rings is 1. The Morgan fingerprint density at radius 1 is 1.14 bits per heavy atom. The van der Waals surface area contributed by atoms with Gasteiger partial charge < -0.3 is 21.3 Å². The molecule has 4 rings (SSSR count). The molecule has 0 bridgehead atoms. The summed E-state index contributed by atoms with van der Waals surface area (Å²) in [5, 5.41) is 11.3. The van der Waals surface area contributed by atoms with Crippen LogP contribution in [-0.2, 0) is 0 Å². The lowest BCUT2D eigenvalue weighted by Gasteiger charge is -2.13. The van der Waals surface area contributed by atoms with Gasteiger partial charge in [0.1, 0.15) is 11.6 Å². The second-order valence-corrected chi connectivity index (χ2v) is 7.71. The van der Waals surface area contributed by atoms with E-state index in [2.05, 4.69) is 27.3 Å². The predicted octanol–water partition coefficient (Wildman–Crippen LogP) is 4.06. The van der Waals surface area contributed by atoms with Gasteiger partial charge in [0.05, 0.1) is 11.6 Å². The zero-order valence-corrected chi connectivity index (χ0v) is 17.0. The highest BCUT2D eigenvalue weighted by Crippen LogP contribution is 2.35. The van der Waals surface area contributed by atoms with Crippen LogP contribution in [0.25, 0.3) is 21.0 Å². The molecule has 7 nitrogen and oxygen atoms in total. The van der Waals surface area contributed by atoms with Crippen molar-refractivity contribution in [2.45, 2.75) is 20.0 Å². The molecular formula is C21H22N6OS. The number of anilines is 2. The van der Waals surface area contributed by atoms with Crippen molar-refractivity contribution < 1.29 is 4.74 Å². The van der Waals surface area contributed by atoms with Gasteiger partial charge in [0.15, 0.2) is 5.84 Å². The number of amidine groups is 1. The molecule has 0 spiro atoms. The standard InChI is InChI=1S/C21H22N6OS/c1-12(2)28-15-5-3-4-14(11-15)24-21-17-8-9-29-19(17)16-7-6-13(10-18(16)25-21)20(26-22)27-23/h3-12H,22-23H2,1-2H3,(H,24,25)(H,26,27). The number of hydrogen-bond donors (Lipinski definition) is 4. The maximum absolute atomic E-state index is 5.80. The number of ether oxygens (including phenoxy) is 1. The minimum atomic E-state index is 0.112. The van der Waals surface area contributed by atoms with Crippen molar-refractivity contribution >= 4 is 49.7 Å². The monoisotopic (exact) mass is 406 g/mol. The lowest BCUT2D eigenvalue weighted by atomic mass is 10.1. The zero-order valence-electron chi connectivity index (χ0n) is 16.1. The fourth-order valence-electron chi connectivity index (χ4n) is 3.19. The molecule has 0 fully saturated rings. The predicted molar refractivity (Wildman–Crippen MR) is 121 cm³/mol. The van der Waals surface area contributed by atoms with E-state index < -0.39 is 0 Å². The Morgan fingerprint density at radius 3 is 2.76 bits per heavy atom. The number of aromatic nitrogens is 1. The van der Waals surface area contributed by atoms with Crippen molar-refractivity contribution in [3.05, 3.63) is 59.5 Å². The van der Waals surface area contributed by atoms with Gasteiger partial charge in [0.25, 0.3) is 0 Å². The highest BCUT2D eigenvalue weighted by Gasteiger charge is 2.12. The first-order chi connectivity index (χ1) is 14.1. The summed E-state index contributed by atoms with van der Waals surface area (Å²) < 4.78 is 6.96. The van der Waals surface area contributed by atoms with Crippen LogP contribution < -0.4 is 27.2 Å². The van der Waals surface area contributed by atoms with Crippen molar-refractivity contribution in [1.82, 2.24) is 10.4 Å². The second kappa shape index (κ2) is 7.94. The van der Waals surface area contributed by atoms with Crippen LogP contribution in [-0.4, -0.2) is 16.9 Å². The van der Waals surface area contributed by atoms with Gasteiger partial charge in [-0.1, -0.05) is 18.2 Å². The zero-order chi connectivity index (χ0) is 20.4. The van der Waals surface area contributed by atoms with Gasteiger partial charge in [0.2, 0.25) is 0 Å². The number of rotatable bonds is 5. The molecular weight excluding hydrogens is 384 g/mol. The Labute approximate surface area is 172 Å². The Hall–Kier alpha value is -3.36. The van der Waals surface area contributed by atoms with Crippen molar-refractivity contribution in [2.75, 3.05) is 5.32 Å². The smallest absolute Gasteiger partial charge is 0.166 e. The molecule has 6 N–H and O–H groups in total. The molecule has 2 aromatic heterocycles. The van der Waals surface area contributed by atoms with Gasteiger partial charge >= 0.3 is 0 Å². The third-order valence-corrected chi connectivity index (χ3v) is 5.35. The molecule has 0 aliphatic carbocycles. The topological polar surface area (TPSA) is 111 Å². The van der Waals surface area contributed by atoms with E-state index in [0.717, 1.165) is 43.8 Å². The SMILES string of the molecule is CC(C)Oc1cccc(Nc2nc3cc(/C(=N/N)NN)ccc3c3sccc23)c1. The van der Waals surface area contributed by atoms with Crippen LogP contribution in [0, 0.1) is 0 Å².